The lowest BCUT2D eigenvalue weighted by Crippen LogP contribution is -2.53. The molecule has 0 bridgehead atoms. The first-order chi connectivity index (χ1) is 10.2. The summed E-state index contributed by atoms with van der Waals surface area (Å²) in [6.45, 7) is 5.22. The number of thiazole rings is 1. The first kappa shape index (κ1) is 18.7. The van der Waals surface area contributed by atoms with E-state index in [2.05, 4.69) is 10.3 Å². The summed E-state index contributed by atoms with van der Waals surface area (Å²) >= 11 is 1.47. The van der Waals surface area contributed by atoms with Gasteiger partial charge in [-0.15, -0.1) is 23.7 Å². The Hall–Kier alpha value is -1.38. The number of amides is 3. The number of hydrogen-bond acceptors (Lipinski definition) is 5. The maximum atomic E-state index is 12.3. The van der Waals surface area contributed by atoms with Crippen molar-refractivity contribution in [1.82, 2.24) is 20.1 Å². The van der Waals surface area contributed by atoms with E-state index in [0.717, 1.165) is 5.01 Å². The minimum atomic E-state index is -0.0662. The van der Waals surface area contributed by atoms with Crippen LogP contribution in [0.5, 0.6) is 0 Å². The summed E-state index contributed by atoms with van der Waals surface area (Å²) in [5.74, 6) is -0.0647. The summed E-state index contributed by atoms with van der Waals surface area (Å²) in [5.41, 5.74) is 5.97. The maximum Gasteiger partial charge on any atom is 0.317 e. The maximum absolute atomic E-state index is 12.3. The van der Waals surface area contributed by atoms with Crippen LogP contribution in [0.4, 0.5) is 4.79 Å². The number of piperazine rings is 1. The Kier molecular flexibility index (Phi) is 7.57. The van der Waals surface area contributed by atoms with Crippen molar-refractivity contribution in [3.8, 4) is 0 Å². The van der Waals surface area contributed by atoms with Gasteiger partial charge in [0.25, 0.3) is 5.91 Å². The molecule has 0 aliphatic carbocycles. The number of carbonyl (C=O) groups excluding carboxylic acids is 2. The van der Waals surface area contributed by atoms with Crippen LogP contribution in [0.15, 0.2) is 5.38 Å². The van der Waals surface area contributed by atoms with E-state index in [9.17, 15) is 9.59 Å². The van der Waals surface area contributed by atoms with E-state index in [4.69, 9.17) is 5.73 Å². The Morgan fingerprint density at radius 2 is 1.95 bits per heavy atom. The molecule has 0 radical (unpaired) electrons. The van der Waals surface area contributed by atoms with Gasteiger partial charge in [-0.25, -0.2) is 9.78 Å². The number of nitrogens with one attached hydrogen (secondary N) is 1. The van der Waals surface area contributed by atoms with Crippen LogP contribution < -0.4 is 11.1 Å². The van der Waals surface area contributed by atoms with E-state index < -0.39 is 0 Å². The summed E-state index contributed by atoms with van der Waals surface area (Å²) in [6, 6.07) is -0.0662. The van der Waals surface area contributed by atoms with Crippen molar-refractivity contribution in [2.45, 2.75) is 13.3 Å². The normalized spacial score (nSPS) is 14.5. The van der Waals surface area contributed by atoms with Crippen LogP contribution >= 0.6 is 23.7 Å². The molecule has 0 spiro atoms. The molecule has 3 N–H and O–H groups in total. The summed E-state index contributed by atoms with van der Waals surface area (Å²) in [5, 5.41) is 5.44. The second kappa shape index (κ2) is 8.92. The zero-order chi connectivity index (χ0) is 15.2. The first-order valence-electron chi connectivity index (χ1n) is 7.12. The lowest BCUT2D eigenvalue weighted by Gasteiger charge is -2.34. The van der Waals surface area contributed by atoms with Gasteiger partial charge in [-0.2, -0.15) is 0 Å². The summed E-state index contributed by atoms with van der Waals surface area (Å²) in [6.07, 6.45) is 0.697. The second-order valence-corrected chi connectivity index (χ2v) is 5.72. The van der Waals surface area contributed by atoms with Crippen LogP contribution in [-0.4, -0.2) is 66.0 Å². The molecule has 7 nitrogen and oxygen atoms in total. The highest BCUT2D eigenvalue weighted by atomic mass is 35.5. The lowest BCUT2D eigenvalue weighted by molar-refractivity contribution is 0.0660. The van der Waals surface area contributed by atoms with Crippen molar-refractivity contribution in [1.29, 1.82) is 0 Å². The van der Waals surface area contributed by atoms with Crippen LogP contribution in [-0.2, 0) is 6.42 Å². The number of halogens is 1. The van der Waals surface area contributed by atoms with Crippen LogP contribution in [0.2, 0.25) is 0 Å². The molecule has 1 aromatic rings. The first-order valence-corrected chi connectivity index (χ1v) is 8.00. The number of hydrogen-bond donors (Lipinski definition) is 2. The van der Waals surface area contributed by atoms with Crippen molar-refractivity contribution >= 4 is 35.7 Å². The smallest absolute Gasteiger partial charge is 0.317 e. The fourth-order valence-corrected chi connectivity index (χ4v) is 2.97. The van der Waals surface area contributed by atoms with E-state index >= 15 is 0 Å². The molecule has 1 fully saturated rings. The standard InChI is InChI=1S/C13H21N5O2S.ClH/c1-2-15-13(20)18-7-5-17(6-8-18)12(19)10-9-21-11(16-10)3-4-14;/h9H,2-8,14H2,1H3,(H,15,20);1H. The number of aromatic nitrogens is 1. The molecular formula is C13H22ClN5O2S. The molecule has 1 aliphatic heterocycles. The molecule has 1 aromatic heterocycles. The van der Waals surface area contributed by atoms with E-state index in [-0.39, 0.29) is 24.3 Å². The van der Waals surface area contributed by atoms with Gasteiger partial charge in [-0.3, -0.25) is 4.79 Å². The van der Waals surface area contributed by atoms with Crippen molar-refractivity contribution in [2.75, 3.05) is 39.3 Å². The highest BCUT2D eigenvalue weighted by Crippen LogP contribution is 2.13. The van der Waals surface area contributed by atoms with Crippen molar-refractivity contribution in [3.05, 3.63) is 16.1 Å². The Balaban J connectivity index is 0.00000242. The average Bonchev–Trinajstić information content (AvgIpc) is 2.96. The molecule has 9 heteroatoms. The van der Waals surface area contributed by atoms with Gasteiger partial charge >= 0.3 is 6.03 Å². The fraction of sp³-hybridized carbons (Fsp3) is 0.615. The molecule has 2 rings (SSSR count). The monoisotopic (exact) mass is 347 g/mol. The fourth-order valence-electron chi connectivity index (χ4n) is 2.19. The molecule has 22 heavy (non-hydrogen) atoms. The van der Waals surface area contributed by atoms with Crippen LogP contribution in [0.25, 0.3) is 0 Å². The van der Waals surface area contributed by atoms with Gasteiger partial charge in [0.2, 0.25) is 0 Å². The predicted molar refractivity (Wildman–Crippen MR) is 88.7 cm³/mol. The van der Waals surface area contributed by atoms with Gasteiger partial charge in [-0.1, -0.05) is 0 Å². The van der Waals surface area contributed by atoms with Gasteiger partial charge in [-0.05, 0) is 13.5 Å². The number of nitrogens with zero attached hydrogens (tertiary/aromatic N) is 3. The zero-order valence-electron chi connectivity index (χ0n) is 12.6. The second-order valence-electron chi connectivity index (χ2n) is 4.78. The third-order valence-corrected chi connectivity index (χ3v) is 4.22. The average molecular weight is 348 g/mol. The molecule has 124 valence electrons. The largest absolute Gasteiger partial charge is 0.338 e. The molecular weight excluding hydrogens is 326 g/mol. The van der Waals surface area contributed by atoms with Crippen LogP contribution in [0, 0.1) is 0 Å². The summed E-state index contributed by atoms with van der Waals surface area (Å²) < 4.78 is 0. The summed E-state index contributed by atoms with van der Waals surface area (Å²) in [7, 11) is 0. The molecule has 0 atom stereocenters. The SMILES string of the molecule is CCNC(=O)N1CCN(C(=O)c2csc(CCN)n2)CC1.Cl. The van der Waals surface area contributed by atoms with E-state index in [1.54, 1.807) is 15.2 Å². The molecule has 2 heterocycles. The topological polar surface area (TPSA) is 91.6 Å². The predicted octanol–water partition coefficient (Wildman–Crippen LogP) is 0.553. The van der Waals surface area contributed by atoms with Gasteiger partial charge in [0.1, 0.15) is 5.69 Å². The number of carbonyl (C=O) groups is 2. The molecule has 0 saturated carbocycles. The molecule has 0 unspecified atom stereocenters. The van der Waals surface area contributed by atoms with Crippen molar-refractivity contribution in [2.24, 2.45) is 5.73 Å². The van der Waals surface area contributed by atoms with Crippen molar-refractivity contribution in [3.63, 3.8) is 0 Å². The third-order valence-electron chi connectivity index (χ3n) is 3.31. The summed E-state index contributed by atoms with van der Waals surface area (Å²) in [4.78, 5) is 31.8. The zero-order valence-corrected chi connectivity index (χ0v) is 14.2. The molecule has 0 aromatic carbocycles. The Morgan fingerprint density at radius 1 is 1.32 bits per heavy atom. The van der Waals surface area contributed by atoms with Crippen LogP contribution in [0.1, 0.15) is 22.4 Å². The van der Waals surface area contributed by atoms with Gasteiger partial charge in [0.15, 0.2) is 0 Å². The molecule has 1 aliphatic rings. The minimum absolute atomic E-state index is 0. The van der Waals surface area contributed by atoms with Crippen LogP contribution in [0.3, 0.4) is 0 Å². The van der Waals surface area contributed by atoms with E-state index in [1.807, 2.05) is 6.92 Å². The Bertz CT molecular complexity index is 502. The highest BCUT2D eigenvalue weighted by Gasteiger charge is 2.25. The number of rotatable bonds is 4. The number of urea groups is 1. The third kappa shape index (κ3) is 4.56. The lowest BCUT2D eigenvalue weighted by atomic mass is 10.3. The van der Waals surface area contributed by atoms with Gasteiger partial charge in [0, 0.05) is 44.5 Å². The van der Waals surface area contributed by atoms with E-state index in [0.29, 0.717) is 51.4 Å². The quantitative estimate of drug-likeness (QED) is 0.832. The Labute approximate surface area is 140 Å². The highest BCUT2D eigenvalue weighted by molar-refractivity contribution is 7.09. The van der Waals surface area contributed by atoms with Gasteiger partial charge in [0.05, 0.1) is 5.01 Å². The number of nitrogens with two attached hydrogens (primary N) is 1. The molecule has 1 saturated heterocycles. The van der Waals surface area contributed by atoms with Crippen molar-refractivity contribution < 1.29 is 9.59 Å². The van der Waals surface area contributed by atoms with Gasteiger partial charge < -0.3 is 20.9 Å². The minimum Gasteiger partial charge on any atom is -0.338 e. The molecule has 3 amide bonds. The van der Waals surface area contributed by atoms with E-state index in [1.165, 1.54) is 11.3 Å². The Morgan fingerprint density at radius 3 is 2.55 bits per heavy atom.